The number of nitrogens with two attached hydrogens (primary N) is 1. The first kappa shape index (κ1) is 11.2. The number of aromatic nitrogens is 2. The summed E-state index contributed by atoms with van der Waals surface area (Å²) >= 11 is 0. The Morgan fingerprint density at radius 2 is 2.33 bits per heavy atom. The quantitative estimate of drug-likeness (QED) is 0.699. The zero-order valence-corrected chi connectivity index (χ0v) is 8.94. The molecule has 0 aliphatic heterocycles. The second kappa shape index (κ2) is 4.59. The Balaban J connectivity index is 2.80. The Hall–Kier alpha value is -1.85. The van der Waals surface area contributed by atoms with Crippen molar-refractivity contribution < 1.29 is 9.53 Å². The van der Waals surface area contributed by atoms with Crippen molar-refractivity contribution >= 4 is 17.7 Å². The van der Waals surface area contributed by atoms with Crippen LogP contribution >= 0.6 is 0 Å². The van der Waals surface area contributed by atoms with E-state index < -0.39 is 6.04 Å². The maximum absolute atomic E-state index is 11.2. The number of carbonyl (C=O) groups is 1. The first-order chi connectivity index (χ1) is 7.04. The van der Waals surface area contributed by atoms with Gasteiger partial charge >= 0.3 is 5.97 Å². The van der Waals surface area contributed by atoms with Crippen molar-refractivity contribution in [3.63, 3.8) is 0 Å². The highest BCUT2D eigenvalue weighted by Gasteiger charge is 2.14. The molecule has 3 N–H and O–H groups in total. The first-order valence-corrected chi connectivity index (χ1v) is 4.48. The summed E-state index contributed by atoms with van der Waals surface area (Å²) in [5.41, 5.74) is 6.25. The van der Waals surface area contributed by atoms with Gasteiger partial charge in [0, 0.05) is 11.8 Å². The number of anilines is 2. The predicted molar refractivity (Wildman–Crippen MR) is 56.3 cm³/mol. The molecule has 1 atom stereocenters. The van der Waals surface area contributed by atoms with Crippen LogP contribution in [0.2, 0.25) is 0 Å². The van der Waals surface area contributed by atoms with Crippen molar-refractivity contribution in [2.45, 2.75) is 19.9 Å². The van der Waals surface area contributed by atoms with Crippen LogP contribution in [-0.2, 0) is 9.53 Å². The minimum atomic E-state index is -0.469. The van der Waals surface area contributed by atoms with Crippen molar-refractivity contribution in [2.75, 3.05) is 18.2 Å². The molecule has 6 heteroatoms. The molecule has 0 saturated carbocycles. The highest BCUT2D eigenvalue weighted by Crippen LogP contribution is 2.12. The van der Waals surface area contributed by atoms with Gasteiger partial charge in [0.2, 0.25) is 5.95 Å². The van der Waals surface area contributed by atoms with Gasteiger partial charge in [0.05, 0.1) is 7.11 Å². The number of ether oxygens (including phenoxy) is 1. The Labute approximate surface area is 87.9 Å². The smallest absolute Gasteiger partial charge is 0.328 e. The molecule has 6 nitrogen and oxygen atoms in total. The minimum absolute atomic E-state index is 0.167. The zero-order chi connectivity index (χ0) is 11.4. The second-order valence-corrected chi connectivity index (χ2v) is 3.15. The van der Waals surface area contributed by atoms with Gasteiger partial charge in [-0.15, -0.1) is 0 Å². The number of methoxy groups -OCH3 is 1. The molecular weight excluding hydrogens is 196 g/mol. The molecule has 1 unspecified atom stereocenters. The van der Waals surface area contributed by atoms with Crippen molar-refractivity contribution in [2.24, 2.45) is 0 Å². The molecule has 0 spiro atoms. The van der Waals surface area contributed by atoms with Gasteiger partial charge in [-0.25, -0.2) is 9.78 Å². The highest BCUT2D eigenvalue weighted by molar-refractivity contribution is 5.78. The van der Waals surface area contributed by atoms with Crippen molar-refractivity contribution in [1.82, 2.24) is 9.97 Å². The molecule has 0 fully saturated rings. The Kier molecular flexibility index (Phi) is 3.43. The van der Waals surface area contributed by atoms with Crippen LogP contribution in [0.5, 0.6) is 0 Å². The fourth-order valence-corrected chi connectivity index (χ4v) is 1.04. The van der Waals surface area contributed by atoms with Crippen molar-refractivity contribution in [3.05, 3.63) is 11.8 Å². The van der Waals surface area contributed by atoms with Gasteiger partial charge in [0.1, 0.15) is 11.9 Å². The van der Waals surface area contributed by atoms with Crippen LogP contribution < -0.4 is 11.1 Å². The summed E-state index contributed by atoms with van der Waals surface area (Å²) < 4.78 is 4.58. The van der Waals surface area contributed by atoms with Crippen molar-refractivity contribution in [1.29, 1.82) is 0 Å². The summed E-state index contributed by atoms with van der Waals surface area (Å²) in [6.45, 7) is 3.51. The molecule has 0 aliphatic carbocycles. The zero-order valence-electron chi connectivity index (χ0n) is 8.94. The fourth-order valence-electron chi connectivity index (χ4n) is 1.04. The van der Waals surface area contributed by atoms with Crippen LogP contribution in [0, 0.1) is 6.92 Å². The van der Waals surface area contributed by atoms with E-state index >= 15 is 0 Å². The monoisotopic (exact) mass is 210 g/mol. The lowest BCUT2D eigenvalue weighted by molar-refractivity contribution is -0.141. The first-order valence-electron chi connectivity index (χ1n) is 4.48. The minimum Gasteiger partial charge on any atom is -0.467 e. The summed E-state index contributed by atoms with van der Waals surface area (Å²) in [6.07, 6.45) is 1.59. The highest BCUT2D eigenvalue weighted by atomic mass is 16.5. The largest absolute Gasteiger partial charge is 0.467 e. The number of nitrogen functional groups attached to an aromatic ring is 1. The van der Waals surface area contributed by atoms with E-state index in [1.165, 1.54) is 7.11 Å². The van der Waals surface area contributed by atoms with E-state index in [4.69, 9.17) is 5.73 Å². The van der Waals surface area contributed by atoms with Crippen molar-refractivity contribution in [3.8, 4) is 0 Å². The molecular formula is C9H14N4O2. The molecule has 1 heterocycles. The normalized spacial score (nSPS) is 11.9. The van der Waals surface area contributed by atoms with E-state index in [1.54, 1.807) is 13.1 Å². The number of nitrogens with one attached hydrogen (secondary N) is 1. The molecule has 0 amide bonds. The van der Waals surface area contributed by atoms with E-state index in [1.807, 2.05) is 6.92 Å². The molecule has 1 rings (SSSR count). The number of esters is 1. The third-order valence-electron chi connectivity index (χ3n) is 1.90. The summed E-state index contributed by atoms with van der Waals surface area (Å²) in [5, 5.41) is 2.90. The number of carbonyl (C=O) groups excluding carboxylic acids is 1. The predicted octanol–water partition coefficient (Wildman–Crippen LogP) is 0.341. The van der Waals surface area contributed by atoms with Crippen LogP contribution in [0.15, 0.2) is 6.20 Å². The molecule has 0 aliphatic rings. The van der Waals surface area contributed by atoms with Crippen LogP contribution in [0.3, 0.4) is 0 Å². The Morgan fingerprint density at radius 1 is 1.67 bits per heavy atom. The molecule has 0 aromatic carbocycles. The van der Waals surface area contributed by atoms with Gasteiger partial charge < -0.3 is 15.8 Å². The molecule has 82 valence electrons. The van der Waals surface area contributed by atoms with Crippen LogP contribution in [0.4, 0.5) is 11.8 Å². The Bertz CT molecular complexity index is 367. The summed E-state index contributed by atoms with van der Waals surface area (Å²) in [6, 6.07) is -0.469. The molecule has 0 bridgehead atoms. The Morgan fingerprint density at radius 3 is 2.93 bits per heavy atom. The van der Waals surface area contributed by atoms with E-state index in [2.05, 4.69) is 20.0 Å². The number of nitrogens with zero attached hydrogens (tertiary/aromatic N) is 2. The van der Waals surface area contributed by atoms with E-state index in [-0.39, 0.29) is 11.9 Å². The number of rotatable bonds is 3. The van der Waals surface area contributed by atoms with Crippen LogP contribution in [0.1, 0.15) is 12.5 Å². The van der Waals surface area contributed by atoms with Crippen LogP contribution in [-0.4, -0.2) is 29.1 Å². The molecule has 1 aromatic heterocycles. The average Bonchev–Trinajstić information content (AvgIpc) is 2.22. The number of aryl methyl sites for hydroxylation is 1. The molecule has 1 aromatic rings. The van der Waals surface area contributed by atoms with Gasteiger partial charge in [-0.1, -0.05) is 0 Å². The fraction of sp³-hybridized carbons (Fsp3) is 0.444. The van der Waals surface area contributed by atoms with Gasteiger partial charge in [0.25, 0.3) is 0 Å². The topological polar surface area (TPSA) is 90.1 Å². The van der Waals surface area contributed by atoms with Gasteiger partial charge in [-0.3, -0.25) is 0 Å². The third-order valence-corrected chi connectivity index (χ3v) is 1.90. The number of hydrogen-bond acceptors (Lipinski definition) is 6. The second-order valence-electron chi connectivity index (χ2n) is 3.15. The van der Waals surface area contributed by atoms with Crippen LogP contribution in [0.25, 0.3) is 0 Å². The maximum atomic E-state index is 11.2. The average molecular weight is 210 g/mol. The lowest BCUT2D eigenvalue weighted by Crippen LogP contribution is -2.28. The van der Waals surface area contributed by atoms with E-state index in [0.29, 0.717) is 5.82 Å². The molecule has 0 saturated heterocycles. The lowest BCUT2D eigenvalue weighted by atomic mass is 10.3. The third kappa shape index (κ3) is 2.80. The van der Waals surface area contributed by atoms with Gasteiger partial charge in [0.15, 0.2) is 0 Å². The SMILES string of the molecule is COC(=O)C(C)Nc1nc(N)ncc1C. The van der Waals surface area contributed by atoms with E-state index in [9.17, 15) is 4.79 Å². The molecule has 15 heavy (non-hydrogen) atoms. The maximum Gasteiger partial charge on any atom is 0.328 e. The number of hydrogen-bond donors (Lipinski definition) is 2. The van der Waals surface area contributed by atoms with Gasteiger partial charge in [-0.05, 0) is 13.8 Å². The summed E-state index contributed by atoms with van der Waals surface area (Å²) in [4.78, 5) is 19.0. The van der Waals surface area contributed by atoms with Gasteiger partial charge in [-0.2, -0.15) is 4.98 Å². The van der Waals surface area contributed by atoms with E-state index in [0.717, 1.165) is 5.56 Å². The summed E-state index contributed by atoms with van der Waals surface area (Å²) in [7, 11) is 1.34. The molecule has 0 radical (unpaired) electrons. The standard InChI is InChI=1S/C9H14N4O2/c1-5-4-11-9(10)13-7(5)12-6(2)8(14)15-3/h4,6H,1-3H3,(H3,10,11,12,13). The lowest BCUT2D eigenvalue weighted by Gasteiger charge is -2.13. The summed E-state index contributed by atoms with van der Waals surface area (Å²) in [5.74, 6) is 0.354.